The fourth-order valence-corrected chi connectivity index (χ4v) is 5.11. The predicted octanol–water partition coefficient (Wildman–Crippen LogP) is 5.38. The Balaban J connectivity index is 1.29. The number of nitrogens with one attached hydrogen (secondary N) is 1. The Kier molecular flexibility index (Phi) is 7.51. The van der Waals surface area contributed by atoms with Crippen LogP contribution in [-0.4, -0.2) is 43.7 Å². The predicted molar refractivity (Wildman–Crippen MR) is 142 cm³/mol. The van der Waals surface area contributed by atoms with Gasteiger partial charge in [0, 0.05) is 31.3 Å². The summed E-state index contributed by atoms with van der Waals surface area (Å²) in [7, 11) is 1.34. The van der Waals surface area contributed by atoms with Crippen molar-refractivity contribution >= 4 is 29.3 Å². The van der Waals surface area contributed by atoms with Crippen molar-refractivity contribution < 1.29 is 23.5 Å². The molecule has 1 unspecified atom stereocenters. The Morgan fingerprint density at radius 1 is 1.18 bits per heavy atom. The SMILES string of the molecule is COC(=O)c1ccc(C2(NC(=O)c3cc(Cl)cnc3N3CCCC(COc4cccc(F)c4)C3)CC2)cc1. The molecular formula is C29H29ClFN3O4. The number of esters is 1. The molecule has 5 rings (SSSR count). The molecule has 7 nitrogen and oxygen atoms in total. The van der Waals surface area contributed by atoms with Crippen molar-refractivity contribution in [1.82, 2.24) is 10.3 Å². The lowest BCUT2D eigenvalue weighted by Gasteiger charge is -2.34. The van der Waals surface area contributed by atoms with Crippen molar-refractivity contribution in [2.24, 2.45) is 5.92 Å². The molecule has 1 saturated heterocycles. The summed E-state index contributed by atoms with van der Waals surface area (Å²) in [6.45, 7) is 1.86. The molecular weight excluding hydrogens is 509 g/mol. The minimum atomic E-state index is -0.492. The van der Waals surface area contributed by atoms with Crippen molar-refractivity contribution in [3.05, 3.63) is 88.3 Å². The minimum Gasteiger partial charge on any atom is -0.493 e. The Morgan fingerprint density at radius 2 is 1.97 bits per heavy atom. The highest BCUT2D eigenvalue weighted by Gasteiger charge is 2.46. The number of amides is 1. The second-order valence-electron chi connectivity index (χ2n) is 9.85. The summed E-state index contributed by atoms with van der Waals surface area (Å²) in [5, 5.41) is 3.58. The average molecular weight is 538 g/mol. The van der Waals surface area contributed by atoms with Gasteiger partial charge in [0.25, 0.3) is 5.91 Å². The number of halogens is 2. The molecule has 1 atom stereocenters. The Bertz CT molecular complexity index is 1330. The Morgan fingerprint density at radius 3 is 2.68 bits per heavy atom. The molecule has 0 bridgehead atoms. The van der Waals surface area contributed by atoms with Crippen LogP contribution in [0.1, 0.15) is 52.0 Å². The van der Waals surface area contributed by atoms with Crippen molar-refractivity contribution in [3.8, 4) is 5.75 Å². The second kappa shape index (κ2) is 11.0. The first-order valence-electron chi connectivity index (χ1n) is 12.7. The van der Waals surface area contributed by atoms with E-state index < -0.39 is 11.5 Å². The summed E-state index contributed by atoms with van der Waals surface area (Å²) in [4.78, 5) is 32.0. The number of ether oxygens (including phenoxy) is 2. The molecule has 2 fully saturated rings. The third-order valence-electron chi connectivity index (χ3n) is 7.14. The molecule has 1 aromatic heterocycles. The standard InChI is InChI=1S/C29H29ClFN3O4/c1-37-28(36)20-7-9-21(10-8-20)29(11-12-29)33-27(35)25-14-22(30)16-32-26(25)34-13-3-4-19(17-34)18-38-24-6-2-5-23(31)15-24/h2,5-10,14-16,19H,3-4,11-13,17-18H2,1H3,(H,33,35). The fourth-order valence-electron chi connectivity index (χ4n) is 4.95. The van der Waals surface area contributed by atoms with Gasteiger partial charge in [-0.05, 0) is 61.6 Å². The van der Waals surface area contributed by atoms with Crippen LogP contribution in [0.3, 0.4) is 0 Å². The van der Waals surface area contributed by atoms with E-state index in [-0.39, 0.29) is 17.6 Å². The van der Waals surface area contributed by atoms with Gasteiger partial charge in [-0.3, -0.25) is 4.79 Å². The molecule has 38 heavy (non-hydrogen) atoms. The Hall–Kier alpha value is -3.65. The zero-order valence-corrected chi connectivity index (χ0v) is 21.8. The minimum absolute atomic E-state index is 0.198. The van der Waals surface area contributed by atoms with Crippen LogP contribution in [-0.2, 0) is 10.3 Å². The molecule has 2 aromatic carbocycles. The molecule has 0 spiro atoms. The highest BCUT2D eigenvalue weighted by Crippen LogP contribution is 2.46. The first kappa shape index (κ1) is 26.0. The highest BCUT2D eigenvalue weighted by molar-refractivity contribution is 6.31. The third-order valence-corrected chi connectivity index (χ3v) is 7.35. The van der Waals surface area contributed by atoms with E-state index in [1.807, 2.05) is 12.1 Å². The number of anilines is 1. The number of nitrogens with zero attached hydrogens (tertiary/aromatic N) is 2. The van der Waals surface area contributed by atoms with E-state index in [4.69, 9.17) is 21.1 Å². The van der Waals surface area contributed by atoms with Gasteiger partial charge in [0.1, 0.15) is 17.4 Å². The second-order valence-corrected chi connectivity index (χ2v) is 10.3. The molecule has 1 aliphatic carbocycles. The fraction of sp³-hybridized carbons (Fsp3) is 0.345. The van der Waals surface area contributed by atoms with Crippen LogP contribution in [0, 0.1) is 11.7 Å². The van der Waals surface area contributed by atoms with E-state index in [0.29, 0.717) is 40.9 Å². The number of methoxy groups -OCH3 is 1. The molecule has 1 N–H and O–H groups in total. The molecule has 1 aliphatic heterocycles. The number of carbonyl (C=O) groups is 2. The summed E-state index contributed by atoms with van der Waals surface area (Å²) in [5.74, 6) is 0.300. The van der Waals surface area contributed by atoms with Crippen molar-refractivity contribution in [2.45, 2.75) is 31.2 Å². The number of pyridine rings is 1. The molecule has 198 valence electrons. The van der Waals surface area contributed by atoms with Crippen molar-refractivity contribution in [2.75, 3.05) is 31.7 Å². The molecule has 2 heterocycles. The number of hydrogen-bond acceptors (Lipinski definition) is 6. The van der Waals surface area contributed by atoms with E-state index in [1.54, 1.807) is 36.5 Å². The van der Waals surface area contributed by atoms with E-state index in [9.17, 15) is 14.0 Å². The number of rotatable bonds is 8. The van der Waals surface area contributed by atoms with Gasteiger partial charge in [0.2, 0.25) is 0 Å². The zero-order chi connectivity index (χ0) is 26.7. The van der Waals surface area contributed by atoms with E-state index in [0.717, 1.165) is 37.8 Å². The quantitative estimate of drug-likeness (QED) is 0.389. The summed E-state index contributed by atoms with van der Waals surface area (Å²) in [6.07, 6.45) is 5.02. The maximum atomic E-state index is 13.6. The number of piperidine rings is 1. The molecule has 9 heteroatoms. The maximum Gasteiger partial charge on any atom is 0.337 e. The van der Waals surface area contributed by atoms with Gasteiger partial charge in [0.05, 0.1) is 35.4 Å². The molecule has 0 radical (unpaired) electrons. The van der Waals surface area contributed by atoms with Crippen LogP contribution in [0.15, 0.2) is 60.8 Å². The largest absolute Gasteiger partial charge is 0.493 e. The van der Waals surface area contributed by atoms with Crippen molar-refractivity contribution in [1.29, 1.82) is 0 Å². The lowest BCUT2D eigenvalue weighted by molar-refractivity contribution is 0.0600. The Labute approximate surface area is 225 Å². The van der Waals surface area contributed by atoms with Crippen LogP contribution in [0.25, 0.3) is 0 Å². The maximum absolute atomic E-state index is 13.6. The molecule has 1 saturated carbocycles. The van der Waals surface area contributed by atoms with Gasteiger partial charge >= 0.3 is 5.97 Å². The summed E-state index contributed by atoms with van der Waals surface area (Å²) >= 11 is 6.27. The topological polar surface area (TPSA) is 80.8 Å². The molecule has 2 aliphatic rings. The molecule has 3 aromatic rings. The van der Waals surface area contributed by atoms with Gasteiger partial charge in [-0.2, -0.15) is 0 Å². The first-order valence-corrected chi connectivity index (χ1v) is 13.0. The van der Waals surface area contributed by atoms with Gasteiger partial charge in [-0.1, -0.05) is 29.8 Å². The van der Waals surface area contributed by atoms with E-state index in [1.165, 1.54) is 19.2 Å². The van der Waals surface area contributed by atoms with Gasteiger partial charge in [-0.25, -0.2) is 14.2 Å². The third kappa shape index (κ3) is 5.75. The van der Waals surface area contributed by atoms with Gasteiger partial charge in [0.15, 0.2) is 0 Å². The van der Waals surface area contributed by atoms with Crippen LogP contribution < -0.4 is 15.0 Å². The summed E-state index contributed by atoms with van der Waals surface area (Å²) < 4.78 is 24.1. The summed E-state index contributed by atoms with van der Waals surface area (Å²) in [6, 6.07) is 14.9. The normalized spacial score (nSPS) is 18.0. The van der Waals surface area contributed by atoms with Gasteiger partial charge < -0.3 is 19.7 Å². The first-order chi connectivity index (χ1) is 18.4. The van der Waals surface area contributed by atoms with Crippen molar-refractivity contribution in [3.63, 3.8) is 0 Å². The average Bonchev–Trinajstić information content (AvgIpc) is 3.72. The molecule has 1 amide bonds. The van der Waals surface area contributed by atoms with Gasteiger partial charge in [-0.15, -0.1) is 0 Å². The number of carbonyl (C=O) groups excluding carboxylic acids is 2. The summed E-state index contributed by atoms with van der Waals surface area (Å²) in [5.41, 5.74) is 1.32. The monoisotopic (exact) mass is 537 g/mol. The van der Waals surface area contributed by atoms with Crippen LogP contribution in [0.2, 0.25) is 5.02 Å². The lowest BCUT2D eigenvalue weighted by atomic mass is 9.98. The zero-order valence-electron chi connectivity index (χ0n) is 21.1. The number of hydrogen-bond donors (Lipinski definition) is 1. The lowest BCUT2D eigenvalue weighted by Crippen LogP contribution is -2.41. The van der Waals surface area contributed by atoms with Crippen LogP contribution >= 0.6 is 11.6 Å². The van der Waals surface area contributed by atoms with Crippen LogP contribution in [0.5, 0.6) is 5.75 Å². The van der Waals surface area contributed by atoms with E-state index >= 15 is 0 Å². The van der Waals surface area contributed by atoms with Crippen LogP contribution in [0.4, 0.5) is 10.2 Å². The van der Waals surface area contributed by atoms with E-state index in [2.05, 4.69) is 15.2 Å². The number of benzene rings is 2. The smallest absolute Gasteiger partial charge is 0.337 e. The number of aromatic nitrogens is 1. The highest BCUT2D eigenvalue weighted by atomic mass is 35.5.